The molecule has 108 valence electrons. The van der Waals surface area contributed by atoms with E-state index in [1.807, 2.05) is 24.3 Å². The first-order chi connectivity index (χ1) is 9.34. The van der Waals surface area contributed by atoms with E-state index in [-0.39, 0.29) is 17.3 Å². The van der Waals surface area contributed by atoms with Crippen molar-refractivity contribution in [3.63, 3.8) is 0 Å². The minimum Gasteiger partial charge on any atom is -0.490 e. The largest absolute Gasteiger partial charge is 0.490 e. The van der Waals surface area contributed by atoms with E-state index in [0.717, 1.165) is 23.7 Å². The second-order valence-electron chi connectivity index (χ2n) is 7.30. The van der Waals surface area contributed by atoms with Crippen LogP contribution < -0.4 is 4.74 Å². The highest BCUT2D eigenvalue weighted by Crippen LogP contribution is 2.66. The molecule has 0 N–H and O–H groups in total. The van der Waals surface area contributed by atoms with Crippen LogP contribution in [0.15, 0.2) is 24.3 Å². The van der Waals surface area contributed by atoms with Crippen molar-refractivity contribution in [2.24, 2.45) is 16.7 Å². The quantitative estimate of drug-likeness (QED) is 0.758. The van der Waals surface area contributed by atoms with Crippen molar-refractivity contribution < 1.29 is 9.53 Å². The Kier molecular flexibility index (Phi) is 2.97. The van der Waals surface area contributed by atoms with Gasteiger partial charge in [-0.3, -0.25) is 4.79 Å². The molecule has 0 amide bonds. The molecule has 1 aromatic carbocycles. The number of hydrogen-bond acceptors (Lipinski definition) is 2. The van der Waals surface area contributed by atoms with Crippen LogP contribution >= 0.6 is 0 Å². The van der Waals surface area contributed by atoms with Crippen LogP contribution in [0.2, 0.25) is 0 Å². The van der Waals surface area contributed by atoms with Gasteiger partial charge in [-0.1, -0.05) is 32.9 Å². The number of hydrogen-bond donors (Lipinski definition) is 0. The van der Waals surface area contributed by atoms with E-state index in [1.54, 1.807) is 6.92 Å². The lowest BCUT2D eigenvalue weighted by Gasteiger charge is -2.38. The summed E-state index contributed by atoms with van der Waals surface area (Å²) in [5.74, 6) is 1.70. The molecule has 1 aromatic rings. The Morgan fingerprint density at radius 2 is 2.05 bits per heavy atom. The van der Waals surface area contributed by atoms with Crippen molar-refractivity contribution in [3.8, 4) is 5.75 Å². The van der Waals surface area contributed by atoms with Gasteiger partial charge in [0.05, 0.1) is 0 Å². The maximum Gasteiger partial charge on any atom is 0.159 e. The number of rotatable bonds is 3. The molecular weight excluding hydrogens is 248 g/mol. The van der Waals surface area contributed by atoms with Crippen molar-refractivity contribution in [1.29, 1.82) is 0 Å². The smallest absolute Gasteiger partial charge is 0.159 e. The maximum absolute atomic E-state index is 11.5. The Hall–Kier alpha value is -1.31. The first-order valence-electron chi connectivity index (χ1n) is 7.62. The van der Waals surface area contributed by atoms with Gasteiger partial charge in [-0.15, -0.1) is 0 Å². The summed E-state index contributed by atoms with van der Waals surface area (Å²) in [6, 6.07) is 7.61. The molecular formula is C18H24O2. The number of ketones is 1. The van der Waals surface area contributed by atoms with Gasteiger partial charge in [-0.25, -0.2) is 0 Å². The predicted molar refractivity (Wildman–Crippen MR) is 80.1 cm³/mol. The molecule has 2 bridgehead atoms. The molecule has 2 aliphatic rings. The Morgan fingerprint density at radius 3 is 2.60 bits per heavy atom. The van der Waals surface area contributed by atoms with Crippen LogP contribution in [-0.4, -0.2) is 11.9 Å². The molecule has 0 spiro atoms. The van der Waals surface area contributed by atoms with Crippen LogP contribution in [0.5, 0.6) is 5.75 Å². The van der Waals surface area contributed by atoms with E-state index >= 15 is 0 Å². The van der Waals surface area contributed by atoms with Crippen molar-refractivity contribution in [3.05, 3.63) is 29.8 Å². The third-order valence-corrected chi connectivity index (χ3v) is 6.23. The lowest BCUT2D eigenvalue weighted by atomic mass is 9.70. The third kappa shape index (κ3) is 1.81. The summed E-state index contributed by atoms with van der Waals surface area (Å²) in [5, 5.41) is 0. The second-order valence-corrected chi connectivity index (χ2v) is 7.30. The molecule has 3 unspecified atom stereocenters. The average molecular weight is 272 g/mol. The van der Waals surface area contributed by atoms with Crippen LogP contribution in [0, 0.1) is 16.7 Å². The molecule has 2 fully saturated rings. The second kappa shape index (κ2) is 4.34. The fourth-order valence-electron chi connectivity index (χ4n) is 4.26. The zero-order valence-corrected chi connectivity index (χ0v) is 12.9. The van der Waals surface area contributed by atoms with Gasteiger partial charge in [0.15, 0.2) is 5.78 Å². The molecule has 0 radical (unpaired) electrons. The SMILES string of the molecule is CC(=O)c1cccc(OC2CC3CCC2(C)C3(C)C)c1. The zero-order chi connectivity index (χ0) is 14.5. The van der Waals surface area contributed by atoms with E-state index < -0.39 is 0 Å². The van der Waals surface area contributed by atoms with Crippen LogP contribution in [0.3, 0.4) is 0 Å². The highest BCUT2D eigenvalue weighted by molar-refractivity contribution is 5.94. The van der Waals surface area contributed by atoms with Gasteiger partial charge in [0, 0.05) is 11.0 Å². The monoisotopic (exact) mass is 272 g/mol. The van der Waals surface area contributed by atoms with E-state index in [9.17, 15) is 4.79 Å². The lowest BCUT2D eigenvalue weighted by molar-refractivity contribution is 0.0301. The summed E-state index contributed by atoms with van der Waals surface area (Å²) in [7, 11) is 0. The molecule has 0 aliphatic heterocycles. The molecule has 2 heteroatoms. The molecule has 0 aromatic heterocycles. The predicted octanol–water partition coefficient (Wildman–Crippen LogP) is 4.48. The van der Waals surface area contributed by atoms with Crippen molar-refractivity contribution in [2.75, 3.05) is 0 Å². The maximum atomic E-state index is 11.5. The Bertz CT molecular complexity index is 546. The summed E-state index contributed by atoms with van der Waals surface area (Å²) >= 11 is 0. The summed E-state index contributed by atoms with van der Waals surface area (Å²) in [4.78, 5) is 11.5. The summed E-state index contributed by atoms with van der Waals surface area (Å²) in [5.41, 5.74) is 1.34. The summed E-state index contributed by atoms with van der Waals surface area (Å²) in [6.07, 6.45) is 4.00. The topological polar surface area (TPSA) is 26.3 Å². The van der Waals surface area contributed by atoms with Crippen LogP contribution in [0.4, 0.5) is 0 Å². The number of carbonyl (C=O) groups is 1. The highest BCUT2D eigenvalue weighted by Gasteiger charge is 2.62. The van der Waals surface area contributed by atoms with Gasteiger partial charge in [0.2, 0.25) is 0 Å². The first-order valence-corrected chi connectivity index (χ1v) is 7.62. The van der Waals surface area contributed by atoms with Crippen LogP contribution in [0.25, 0.3) is 0 Å². The fourth-order valence-corrected chi connectivity index (χ4v) is 4.26. The number of ether oxygens (including phenoxy) is 1. The molecule has 3 atom stereocenters. The molecule has 20 heavy (non-hydrogen) atoms. The minimum absolute atomic E-state index is 0.0925. The van der Waals surface area contributed by atoms with Gasteiger partial charge in [0.1, 0.15) is 11.9 Å². The Balaban J connectivity index is 1.83. The molecule has 0 saturated heterocycles. The fraction of sp³-hybridized carbons (Fsp3) is 0.611. The lowest BCUT2D eigenvalue weighted by Crippen LogP contribution is -2.38. The Labute approximate surface area is 121 Å². The van der Waals surface area contributed by atoms with Crippen molar-refractivity contribution in [1.82, 2.24) is 0 Å². The normalized spacial score (nSPS) is 34.2. The number of fused-ring (bicyclic) bond motifs is 2. The molecule has 2 saturated carbocycles. The minimum atomic E-state index is 0.0925. The molecule has 2 nitrogen and oxygen atoms in total. The van der Waals surface area contributed by atoms with E-state index in [2.05, 4.69) is 20.8 Å². The zero-order valence-electron chi connectivity index (χ0n) is 12.9. The summed E-state index contributed by atoms with van der Waals surface area (Å²) in [6.45, 7) is 8.75. The van der Waals surface area contributed by atoms with Crippen LogP contribution in [-0.2, 0) is 0 Å². The van der Waals surface area contributed by atoms with Gasteiger partial charge >= 0.3 is 0 Å². The van der Waals surface area contributed by atoms with Gasteiger partial charge in [-0.2, -0.15) is 0 Å². The standard InChI is InChI=1S/C18H24O2/c1-12(19)13-6-5-7-15(10-13)20-16-11-14-8-9-18(16,4)17(14,2)3/h5-7,10,14,16H,8-9,11H2,1-4H3. The third-order valence-electron chi connectivity index (χ3n) is 6.23. The van der Waals surface area contributed by atoms with E-state index in [0.29, 0.717) is 5.41 Å². The number of carbonyl (C=O) groups excluding carboxylic acids is 1. The average Bonchev–Trinajstić information content (AvgIpc) is 2.72. The number of Topliss-reactive ketones (excluding diaryl/α,β-unsaturated/α-hetero) is 1. The van der Waals surface area contributed by atoms with Crippen molar-refractivity contribution in [2.45, 2.75) is 53.1 Å². The summed E-state index contributed by atoms with van der Waals surface area (Å²) < 4.78 is 6.29. The van der Waals surface area contributed by atoms with Gasteiger partial charge in [-0.05, 0) is 49.7 Å². The van der Waals surface area contributed by atoms with Gasteiger partial charge < -0.3 is 4.74 Å². The molecule has 2 aliphatic carbocycles. The van der Waals surface area contributed by atoms with Gasteiger partial charge in [0.25, 0.3) is 0 Å². The molecule has 0 heterocycles. The highest BCUT2D eigenvalue weighted by atomic mass is 16.5. The first kappa shape index (κ1) is 13.7. The van der Waals surface area contributed by atoms with E-state index in [4.69, 9.17) is 4.74 Å². The van der Waals surface area contributed by atoms with Crippen LogP contribution in [0.1, 0.15) is 57.3 Å². The number of benzene rings is 1. The molecule has 3 rings (SSSR count). The van der Waals surface area contributed by atoms with Crippen molar-refractivity contribution >= 4 is 5.78 Å². The van der Waals surface area contributed by atoms with E-state index in [1.165, 1.54) is 12.8 Å². The Morgan fingerprint density at radius 1 is 1.30 bits per heavy atom.